The van der Waals surface area contributed by atoms with E-state index < -0.39 is 5.82 Å². The van der Waals surface area contributed by atoms with Gasteiger partial charge in [0.15, 0.2) is 5.84 Å². The van der Waals surface area contributed by atoms with Crippen LogP contribution in [0.25, 0.3) is 0 Å². The van der Waals surface area contributed by atoms with E-state index in [-0.39, 0.29) is 17.3 Å². The molecule has 20 heavy (non-hydrogen) atoms. The van der Waals surface area contributed by atoms with Crippen molar-refractivity contribution in [2.45, 2.75) is 0 Å². The third kappa shape index (κ3) is 3.20. The number of benzene rings is 2. The van der Waals surface area contributed by atoms with E-state index in [0.717, 1.165) is 0 Å². The van der Waals surface area contributed by atoms with Crippen LogP contribution >= 0.6 is 27.5 Å². The third-order valence-corrected chi connectivity index (χ3v) is 3.32. The summed E-state index contributed by atoms with van der Waals surface area (Å²) in [6.07, 6.45) is 0. The predicted molar refractivity (Wildman–Crippen MR) is 78.1 cm³/mol. The number of rotatable bonds is 3. The Hall–Kier alpha value is -1.79. The van der Waals surface area contributed by atoms with Crippen molar-refractivity contribution in [2.75, 3.05) is 0 Å². The Morgan fingerprint density at radius 1 is 1.30 bits per heavy atom. The van der Waals surface area contributed by atoms with Crippen molar-refractivity contribution in [2.24, 2.45) is 10.9 Å². The summed E-state index contributed by atoms with van der Waals surface area (Å²) in [6, 6.07) is 8.91. The molecule has 0 aromatic heterocycles. The lowest BCUT2D eigenvalue weighted by Crippen LogP contribution is -2.14. The number of halogens is 3. The first-order valence-electron chi connectivity index (χ1n) is 5.41. The lowest BCUT2D eigenvalue weighted by Gasteiger charge is -2.11. The molecule has 0 aliphatic rings. The SMILES string of the molecule is NC(=NO)c1ccc(Cl)cc1Oc1ccc(Br)c(F)c1. The Morgan fingerprint density at radius 2 is 2.05 bits per heavy atom. The summed E-state index contributed by atoms with van der Waals surface area (Å²) in [7, 11) is 0. The molecule has 4 nitrogen and oxygen atoms in total. The molecule has 0 heterocycles. The fraction of sp³-hybridized carbons (Fsp3) is 0. The Bertz CT molecular complexity index is 679. The maximum absolute atomic E-state index is 13.4. The van der Waals surface area contributed by atoms with E-state index in [9.17, 15) is 4.39 Å². The molecule has 0 bridgehead atoms. The van der Waals surface area contributed by atoms with E-state index in [0.29, 0.717) is 15.1 Å². The molecule has 0 aliphatic heterocycles. The van der Waals surface area contributed by atoms with Crippen LogP contribution in [0.5, 0.6) is 11.5 Å². The van der Waals surface area contributed by atoms with Gasteiger partial charge in [0, 0.05) is 17.2 Å². The summed E-state index contributed by atoms with van der Waals surface area (Å²) in [5.41, 5.74) is 5.90. The van der Waals surface area contributed by atoms with Gasteiger partial charge in [-0.2, -0.15) is 0 Å². The summed E-state index contributed by atoms with van der Waals surface area (Å²) in [5.74, 6) is -0.0707. The van der Waals surface area contributed by atoms with Gasteiger partial charge in [0.2, 0.25) is 0 Å². The molecule has 0 fully saturated rings. The molecular weight excluding hydrogens is 351 g/mol. The molecule has 0 saturated heterocycles. The van der Waals surface area contributed by atoms with Crippen molar-refractivity contribution in [3.05, 3.63) is 57.3 Å². The molecule has 2 aromatic carbocycles. The zero-order valence-electron chi connectivity index (χ0n) is 9.98. The van der Waals surface area contributed by atoms with E-state index in [1.807, 2.05) is 0 Å². The second kappa shape index (κ2) is 6.11. The smallest absolute Gasteiger partial charge is 0.173 e. The number of nitrogens with two attached hydrogens (primary N) is 1. The lowest BCUT2D eigenvalue weighted by atomic mass is 10.2. The van der Waals surface area contributed by atoms with Crippen molar-refractivity contribution >= 4 is 33.4 Å². The molecule has 2 aromatic rings. The van der Waals surface area contributed by atoms with Crippen LogP contribution in [0.3, 0.4) is 0 Å². The first-order valence-corrected chi connectivity index (χ1v) is 6.58. The largest absolute Gasteiger partial charge is 0.456 e. The van der Waals surface area contributed by atoms with Crippen LogP contribution in [-0.2, 0) is 0 Å². The minimum atomic E-state index is -0.463. The highest BCUT2D eigenvalue weighted by molar-refractivity contribution is 9.10. The summed E-state index contributed by atoms with van der Waals surface area (Å²) in [4.78, 5) is 0. The molecular formula is C13H9BrClFN2O2. The first kappa shape index (κ1) is 14.6. The molecule has 0 saturated carbocycles. The van der Waals surface area contributed by atoms with Gasteiger partial charge in [-0.1, -0.05) is 16.8 Å². The van der Waals surface area contributed by atoms with E-state index in [2.05, 4.69) is 21.1 Å². The van der Waals surface area contributed by atoms with Crippen molar-refractivity contribution in [1.82, 2.24) is 0 Å². The molecule has 0 unspecified atom stereocenters. The van der Waals surface area contributed by atoms with Gasteiger partial charge in [-0.3, -0.25) is 0 Å². The van der Waals surface area contributed by atoms with Gasteiger partial charge in [0.25, 0.3) is 0 Å². The first-order chi connectivity index (χ1) is 9.51. The number of nitrogens with zero attached hydrogens (tertiary/aromatic N) is 1. The number of hydrogen-bond acceptors (Lipinski definition) is 3. The monoisotopic (exact) mass is 358 g/mol. The number of amidine groups is 1. The van der Waals surface area contributed by atoms with Crippen LogP contribution in [0.1, 0.15) is 5.56 Å². The van der Waals surface area contributed by atoms with Crippen molar-refractivity contribution < 1.29 is 14.3 Å². The van der Waals surface area contributed by atoms with Crippen molar-refractivity contribution in [3.8, 4) is 11.5 Å². The quantitative estimate of drug-likeness (QED) is 0.375. The van der Waals surface area contributed by atoms with Gasteiger partial charge in [-0.15, -0.1) is 0 Å². The van der Waals surface area contributed by atoms with Gasteiger partial charge in [0.1, 0.15) is 17.3 Å². The van der Waals surface area contributed by atoms with Crippen LogP contribution in [0, 0.1) is 5.82 Å². The average Bonchev–Trinajstić information content (AvgIpc) is 2.42. The van der Waals surface area contributed by atoms with Gasteiger partial charge < -0.3 is 15.7 Å². The zero-order valence-corrected chi connectivity index (χ0v) is 12.3. The Kier molecular flexibility index (Phi) is 4.46. The number of ether oxygens (including phenoxy) is 1. The van der Waals surface area contributed by atoms with E-state index in [1.54, 1.807) is 18.2 Å². The van der Waals surface area contributed by atoms with Crippen molar-refractivity contribution in [1.29, 1.82) is 0 Å². The normalized spacial score (nSPS) is 11.4. The van der Waals surface area contributed by atoms with E-state index in [1.165, 1.54) is 18.2 Å². The standard InChI is InChI=1S/C13H9BrClFN2O2/c14-10-4-2-8(6-11(10)16)20-12-5-7(15)1-3-9(12)13(17)18-19/h1-6,19H,(H2,17,18). The highest BCUT2D eigenvalue weighted by Crippen LogP contribution is 2.30. The zero-order chi connectivity index (χ0) is 14.7. The molecule has 0 amide bonds. The van der Waals surface area contributed by atoms with Gasteiger partial charge in [-0.05, 0) is 40.2 Å². The summed E-state index contributed by atoms with van der Waals surface area (Å²) in [5, 5.41) is 12.1. The molecule has 7 heteroatoms. The van der Waals surface area contributed by atoms with Crippen LogP contribution < -0.4 is 10.5 Å². The summed E-state index contributed by atoms with van der Waals surface area (Å²) < 4.78 is 19.3. The van der Waals surface area contributed by atoms with Crippen molar-refractivity contribution in [3.63, 3.8) is 0 Å². The number of hydrogen-bond donors (Lipinski definition) is 2. The van der Waals surface area contributed by atoms with Gasteiger partial charge in [-0.25, -0.2) is 4.39 Å². The van der Waals surface area contributed by atoms with E-state index in [4.69, 9.17) is 27.3 Å². The Balaban J connectivity index is 2.41. The molecule has 104 valence electrons. The Labute approximate surface area is 127 Å². The molecule has 0 spiro atoms. The molecule has 3 N–H and O–H groups in total. The highest BCUT2D eigenvalue weighted by atomic mass is 79.9. The highest BCUT2D eigenvalue weighted by Gasteiger charge is 2.11. The molecule has 0 radical (unpaired) electrons. The van der Waals surface area contributed by atoms with Crippen LogP contribution in [-0.4, -0.2) is 11.0 Å². The molecule has 2 rings (SSSR count). The van der Waals surface area contributed by atoms with Gasteiger partial charge >= 0.3 is 0 Å². The third-order valence-electron chi connectivity index (χ3n) is 2.45. The van der Waals surface area contributed by atoms with Crippen LogP contribution in [0.4, 0.5) is 4.39 Å². The summed E-state index contributed by atoms with van der Waals surface area (Å²) >= 11 is 8.93. The fourth-order valence-electron chi connectivity index (χ4n) is 1.51. The maximum atomic E-state index is 13.4. The lowest BCUT2D eigenvalue weighted by molar-refractivity contribution is 0.318. The van der Waals surface area contributed by atoms with Gasteiger partial charge in [0.05, 0.1) is 10.0 Å². The van der Waals surface area contributed by atoms with Crippen LogP contribution in [0.2, 0.25) is 5.02 Å². The average molecular weight is 360 g/mol. The molecule has 0 aliphatic carbocycles. The summed E-state index contributed by atoms with van der Waals surface area (Å²) in [6.45, 7) is 0. The van der Waals surface area contributed by atoms with E-state index >= 15 is 0 Å². The second-order valence-corrected chi connectivity index (χ2v) is 5.09. The maximum Gasteiger partial charge on any atom is 0.173 e. The minimum absolute atomic E-state index is 0.130. The van der Waals surface area contributed by atoms with Crippen LogP contribution in [0.15, 0.2) is 46.0 Å². The predicted octanol–water partition coefficient (Wildman–Crippen LogP) is 4.13. The fourth-order valence-corrected chi connectivity index (χ4v) is 1.92. The molecule has 0 atom stereocenters. The number of oxime groups is 1. The minimum Gasteiger partial charge on any atom is -0.456 e. The topological polar surface area (TPSA) is 67.8 Å². The Morgan fingerprint density at radius 3 is 2.70 bits per heavy atom. The second-order valence-electron chi connectivity index (χ2n) is 3.80.